The third-order valence-electron chi connectivity index (χ3n) is 5.99. The van der Waals surface area contributed by atoms with Gasteiger partial charge in [-0.05, 0) is 44.0 Å². The molecule has 0 bridgehead atoms. The van der Waals surface area contributed by atoms with Gasteiger partial charge in [-0.25, -0.2) is 13.2 Å². The minimum Gasteiger partial charge on any atom is -0.460 e. The van der Waals surface area contributed by atoms with Gasteiger partial charge in [-0.15, -0.1) is 0 Å². The van der Waals surface area contributed by atoms with E-state index < -0.39 is 16.0 Å². The Balaban J connectivity index is 1.37. The molecule has 0 spiro atoms. The monoisotopic (exact) mass is 491 g/mol. The number of hydrogen-bond acceptors (Lipinski definition) is 8. The number of rotatable bonds is 7. The Labute approximate surface area is 198 Å². The van der Waals surface area contributed by atoms with Crippen LogP contribution in [-0.2, 0) is 24.3 Å². The van der Waals surface area contributed by atoms with Gasteiger partial charge in [0.2, 0.25) is 16.8 Å². The number of benzene rings is 1. The number of sulfonamides is 1. The van der Waals surface area contributed by atoms with Gasteiger partial charge in [0.15, 0.2) is 0 Å². The van der Waals surface area contributed by atoms with Crippen molar-refractivity contribution in [1.82, 2.24) is 4.31 Å². The summed E-state index contributed by atoms with van der Waals surface area (Å²) in [7, 11) is -3.91. The van der Waals surface area contributed by atoms with Gasteiger partial charge in [-0.2, -0.15) is 4.31 Å². The number of furan rings is 1. The number of nitrogens with zero attached hydrogens (tertiary/aromatic N) is 2. The molecule has 2 aromatic rings. The predicted molar refractivity (Wildman–Crippen MR) is 124 cm³/mol. The molecule has 4 rings (SSSR count). The highest BCUT2D eigenvalue weighted by Crippen LogP contribution is 2.29. The molecule has 1 aromatic carbocycles. The maximum atomic E-state index is 13.0. The maximum absolute atomic E-state index is 13.0. The van der Waals surface area contributed by atoms with Crippen LogP contribution in [0.3, 0.4) is 0 Å². The Morgan fingerprint density at radius 1 is 1.06 bits per heavy atom. The highest BCUT2D eigenvalue weighted by molar-refractivity contribution is 7.89. The van der Waals surface area contributed by atoms with Crippen molar-refractivity contribution in [2.45, 2.75) is 24.9 Å². The van der Waals surface area contributed by atoms with Crippen molar-refractivity contribution in [2.24, 2.45) is 5.92 Å². The van der Waals surface area contributed by atoms with Crippen LogP contribution in [0.25, 0.3) is 0 Å². The summed E-state index contributed by atoms with van der Waals surface area (Å²) in [5, 5.41) is 2.72. The van der Waals surface area contributed by atoms with Crippen molar-refractivity contribution >= 4 is 33.3 Å². The molecule has 10 nitrogen and oxygen atoms in total. The van der Waals surface area contributed by atoms with E-state index in [0.29, 0.717) is 26.1 Å². The van der Waals surface area contributed by atoms with E-state index >= 15 is 0 Å². The average molecular weight is 492 g/mol. The van der Waals surface area contributed by atoms with E-state index in [1.165, 1.54) is 16.4 Å². The van der Waals surface area contributed by atoms with Gasteiger partial charge in [-0.3, -0.25) is 4.79 Å². The fourth-order valence-corrected chi connectivity index (χ4v) is 5.53. The molecule has 2 aliphatic heterocycles. The lowest BCUT2D eigenvalue weighted by molar-refractivity contribution is -0.120. The zero-order valence-electron chi connectivity index (χ0n) is 19.1. The quantitative estimate of drug-likeness (QED) is 0.587. The number of anilines is 2. The first-order chi connectivity index (χ1) is 16.4. The lowest BCUT2D eigenvalue weighted by Crippen LogP contribution is -2.41. The fourth-order valence-electron chi connectivity index (χ4n) is 4.15. The normalized spacial score (nSPS) is 18.0. The number of nitrogens with one attached hydrogen (secondary N) is 1. The third kappa shape index (κ3) is 5.26. The van der Waals surface area contributed by atoms with E-state index in [2.05, 4.69) is 10.2 Å². The summed E-state index contributed by atoms with van der Waals surface area (Å²) < 4.78 is 42.7. The second-order valence-electron chi connectivity index (χ2n) is 8.12. The van der Waals surface area contributed by atoms with Crippen LogP contribution < -0.4 is 10.2 Å². The van der Waals surface area contributed by atoms with Crippen molar-refractivity contribution in [2.75, 3.05) is 56.2 Å². The first kappa shape index (κ1) is 24.2. The van der Waals surface area contributed by atoms with Crippen LogP contribution >= 0.6 is 0 Å². The number of morpholine rings is 1. The van der Waals surface area contributed by atoms with Crippen LogP contribution in [0.15, 0.2) is 45.9 Å². The molecule has 2 aliphatic rings. The summed E-state index contributed by atoms with van der Waals surface area (Å²) >= 11 is 0. The molecular weight excluding hydrogens is 462 g/mol. The number of amides is 1. The Morgan fingerprint density at radius 2 is 1.76 bits per heavy atom. The molecule has 0 saturated carbocycles. The largest absolute Gasteiger partial charge is 0.460 e. The number of piperidine rings is 1. The summed E-state index contributed by atoms with van der Waals surface area (Å²) in [5.74, 6) is -1.30. The molecule has 0 radical (unpaired) electrons. The minimum atomic E-state index is -3.91. The van der Waals surface area contributed by atoms with E-state index in [1.807, 2.05) is 24.3 Å². The maximum Gasteiger partial charge on any atom is 0.374 e. The predicted octanol–water partition coefficient (Wildman–Crippen LogP) is 2.33. The molecule has 3 heterocycles. The van der Waals surface area contributed by atoms with Crippen LogP contribution in [0.1, 0.15) is 30.3 Å². The van der Waals surface area contributed by atoms with Gasteiger partial charge in [-0.1, -0.05) is 12.1 Å². The number of esters is 1. The van der Waals surface area contributed by atoms with Crippen molar-refractivity contribution in [1.29, 1.82) is 0 Å². The SMILES string of the molecule is CCOC(=O)c1ccc(S(=O)(=O)N2CCC(C(=O)Nc3ccccc3N3CCOCC3)CC2)o1. The molecule has 2 fully saturated rings. The zero-order chi connectivity index (χ0) is 24.1. The van der Waals surface area contributed by atoms with Crippen molar-refractivity contribution < 1.29 is 31.9 Å². The second kappa shape index (κ2) is 10.6. The Kier molecular flexibility index (Phi) is 7.54. The smallest absolute Gasteiger partial charge is 0.374 e. The first-order valence-corrected chi connectivity index (χ1v) is 12.8. The minimum absolute atomic E-state index is 0.125. The van der Waals surface area contributed by atoms with Crippen molar-refractivity contribution in [3.05, 3.63) is 42.2 Å². The topological polar surface area (TPSA) is 118 Å². The number of hydrogen-bond donors (Lipinski definition) is 1. The summed E-state index contributed by atoms with van der Waals surface area (Å²) in [6.07, 6.45) is 0.770. The standard InChI is InChI=1S/C23H29N3O7S/c1-2-32-23(28)20-7-8-21(33-20)34(29,30)26-11-9-17(10-12-26)22(27)24-18-5-3-4-6-19(18)25-13-15-31-16-14-25/h3-8,17H,2,9-16H2,1H3,(H,24,27). The third-order valence-corrected chi connectivity index (χ3v) is 7.76. The van der Waals surface area contributed by atoms with Gasteiger partial charge < -0.3 is 24.1 Å². The molecule has 11 heteroatoms. The van der Waals surface area contributed by atoms with Gasteiger partial charge in [0.1, 0.15) is 0 Å². The van der Waals surface area contributed by atoms with Crippen molar-refractivity contribution in [3.8, 4) is 0 Å². The summed E-state index contributed by atoms with van der Waals surface area (Å²) in [6, 6.07) is 10.2. The van der Waals surface area contributed by atoms with Crippen LogP contribution in [-0.4, -0.2) is 70.6 Å². The number of carbonyl (C=O) groups is 2. The van der Waals surface area contributed by atoms with Crippen LogP contribution in [0.2, 0.25) is 0 Å². The number of para-hydroxylation sites is 2. The molecule has 0 aliphatic carbocycles. The fraction of sp³-hybridized carbons (Fsp3) is 0.478. The van der Waals surface area contributed by atoms with Crippen molar-refractivity contribution in [3.63, 3.8) is 0 Å². The summed E-state index contributed by atoms with van der Waals surface area (Å²) in [4.78, 5) is 26.9. The van der Waals surface area contributed by atoms with Gasteiger partial charge in [0.05, 0.1) is 31.2 Å². The Hall–Kier alpha value is -2.89. The molecule has 1 N–H and O–H groups in total. The van der Waals surface area contributed by atoms with Gasteiger partial charge in [0.25, 0.3) is 10.0 Å². The molecule has 0 atom stereocenters. The average Bonchev–Trinajstić information content (AvgIpc) is 3.37. The summed E-state index contributed by atoms with van der Waals surface area (Å²) in [6.45, 7) is 4.98. The number of carbonyl (C=O) groups excluding carboxylic acids is 2. The Bertz CT molecular complexity index is 1120. The van der Waals surface area contributed by atoms with E-state index in [1.54, 1.807) is 6.92 Å². The van der Waals surface area contributed by atoms with E-state index in [9.17, 15) is 18.0 Å². The molecule has 1 aromatic heterocycles. The van der Waals surface area contributed by atoms with Gasteiger partial charge in [0, 0.05) is 32.1 Å². The van der Waals surface area contributed by atoms with Crippen LogP contribution in [0.4, 0.5) is 11.4 Å². The van der Waals surface area contributed by atoms with E-state index in [4.69, 9.17) is 13.9 Å². The molecular formula is C23H29N3O7S. The Morgan fingerprint density at radius 3 is 2.47 bits per heavy atom. The lowest BCUT2D eigenvalue weighted by atomic mass is 9.97. The molecule has 2 saturated heterocycles. The van der Waals surface area contributed by atoms with E-state index in [-0.39, 0.29) is 42.4 Å². The molecule has 0 unspecified atom stereocenters. The molecule has 34 heavy (non-hydrogen) atoms. The van der Waals surface area contributed by atoms with Crippen LogP contribution in [0.5, 0.6) is 0 Å². The van der Waals surface area contributed by atoms with Gasteiger partial charge >= 0.3 is 5.97 Å². The summed E-state index contributed by atoms with van der Waals surface area (Å²) in [5.41, 5.74) is 1.70. The molecule has 1 amide bonds. The molecule has 184 valence electrons. The lowest BCUT2D eigenvalue weighted by Gasteiger charge is -2.32. The second-order valence-corrected chi connectivity index (χ2v) is 9.99. The number of ether oxygens (including phenoxy) is 2. The highest BCUT2D eigenvalue weighted by atomic mass is 32.2. The zero-order valence-corrected chi connectivity index (χ0v) is 19.9. The van der Waals surface area contributed by atoms with Crippen LogP contribution in [0, 0.1) is 5.92 Å². The van der Waals surface area contributed by atoms with E-state index in [0.717, 1.165) is 24.5 Å². The first-order valence-electron chi connectivity index (χ1n) is 11.4. The highest BCUT2D eigenvalue weighted by Gasteiger charge is 2.34.